The molecular formula is C78H78O12. The Morgan fingerprint density at radius 2 is 1.60 bits per heavy atom. The highest BCUT2D eigenvalue weighted by Gasteiger charge is 2.62. The summed E-state index contributed by atoms with van der Waals surface area (Å²) in [6.07, 6.45) is 20.0. The van der Waals surface area contributed by atoms with Crippen molar-refractivity contribution >= 4 is 35.1 Å². The van der Waals surface area contributed by atoms with Gasteiger partial charge in [-0.25, -0.2) is 9.59 Å². The highest BCUT2D eigenvalue weighted by molar-refractivity contribution is 5.91. The van der Waals surface area contributed by atoms with Crippen molar-refractivity contribution in [2.24, 2.45) is 29.6 Å². The van der Waals surface area contributed by atoms with Crippen LogP contribution < -0.4 is 10.4 Å². The molecule has 13 atom stereocenters. The monoisotopic (exact) mass is 1210 g/mol. The quantitative estimate of drug-likeness (QED) is 0.0255. The minimum absolute atomic E-state index is 0.0148. The Morgan fingerprint density at radius 3 is 2.46 bits per heavy atom. The molecule has 9 aliphatic rings. The molecule has 6 aromatic rings. The van der Waals surface area contributed by atoms with E-state index in [0.717, 1.165) is 41.5 Å². The Bertz CT molecular complexity index is 4110. The SMILES string of the molecule is C/C(CO)=C1\CCc2ccc3c(c2)CC#CC[C@@]2([C@@H]4C[C@@H]5C=Cc6ccccc6[C@@H]5C4)Oc4ccc5c(CO)c([C@H](CCO)COCO)c(=O)oc5c4[C@@H](OC(=O)C[C@@H]4C[C@@H](c5cccc6c5CC[C@@H]5CCC[C@H]7C=Cc8ccccc8[C@@]657)C=C[C@@H]34)[C@@H]2OC1=O. The summed E-state index contributed by atoms with van der Waals surface area (Å²) in [6.45, 7) is -0.383. The number of ether oxygens (including phenoxy) is 4. The number of esters is 2. The van der Waals surface area contributed by atoms with Crippen LogP contribution in [0.5, 0.6) is 5.75 Å². The van der Waals surface area contributed by atoms with Gasteiger partial charge in [0, 0.05) is 65.1 Å². The van der Waals surface area contributed by atoms with Crippen molar-refractivity contribution in [3.63, 3.8) is 0 Å². The predicted octanol–water partition coefficient (Wildman–Crippen LogP) is 12.6. The van der Waals surface area contributed by atoms with E-state index in [4.69, 9.17) is 23.4 Å². The minimum Gasteiger partial charge on any atom is -0.481 e. The molecule has 5 aromatic carbocycles. The van der Waals surface area contributed by atoms with Gasteiger partial charge >= 0.3 is 17.6 Å². The molecule has 4 heterocycles. The molecule has 2 fully saturated rings. The molecule has 0 radical (unpaired) electrons. The summed E-state index contributed by atoms with van der Waals surface area (Å²) in [4.78, 5) is 46.6. The molecule has 0 unspecified atom stereocenters. The van der Waals surface area contributed by atoms with E-state index in [1.54, 1.807) is 19.1 Å². The number of aliphatic hydroxyl groups is 4. The average molecular weight is 1210 g/mol. The maximum atomic E-state index is 16.1. The number of rotatable bonds is 10. The topological polar surface area (TPSA) is 182 Å². The number of benzene rings is 5. The summed E-state index contributed by atoms with van der Waals surface area (Å²) < 4.78 is 33.9. The summed E-state index contributed by atoms with van der Waals surface area (Å²) in [5.41, 5.74) is 11.2. The molecular weight excluding hydrogens is 1130 g/mol. The Morgan fingerprint density at radius 1 is 0.767 bits per heavy atom. The fraction of sp³-hybridized carbons (Fsp3) is 0.423. The molecule has 15 rings (SSSR count). The normalized spacial score (nSPS) is 30.2. The van der Waals surface area contributed by atoms with Crippen molar-refractivity contribution in [3.8, 4) is 17.6 Å². The third-order valence-corrected chi connectivity index (χ3v) is 22.8. The third kappa shape index (κ3) is 9.62. The number of carbonyl (C=O) groups excluding carboxylic acids is 2. The van der Waals surface area contributed by atoms with Crippen molar-refractivity contribution in [3.05, 3.63) is 215 Å². The number of hydrogen-bond acceptors (Lipinski definition) is 12. The number of fused-ring (bicyclic) bond motifs is 14. The van der Waals surface area contributed by atoms with E-state index in [0.29, 0.717) is 60.5 Å². The molecule has 4 N–H and O–H groups in total. The van der Waals surface area contributed by atoms with Crippen LogP contribution in [0.1, 0.15) is 180 Å². The molecule has 2 saturated carbocycles. The van der Waals surface area contributed by atoms with Crippen LogP contribution in [0, 0.1) is 41.4 Å². The van der Waals surface area contributed by atoms with E-state index in [2.05, 4.69) is 127 Å². The first kappa shape index (κ1) is 58.7. The minimum atomic E-state index is -1.47. The smallest absolute Gasteiger partial charge is 0.340 e. The Hall–Kier alpha value is -7.63. The molecule has 1 aromatic heterocycles. The molecule has 12 heteroatoms. The third-order valence-electron chi connectivity index (χ3n) is 22.8. The molecule has 462 valence electrons. The molecule has 0 saturated heterocycles. The second-order valence-electron chi connectivity index (χ2n) is 27.1. The first-order valence-electron chi connectivity index (χ1n) is 32.9. The van der Waals surface area contributed by atoms with Crippen molar-refractivity contribution in [1.29, 1.82) is 0 Å². The molecule has 3 aliphatic heterocycles. The van der Waals surface area contributed by atoms with Gasteiger partial charge in [-0.3, -0.25) is 4.79 Å². The second kappa shape index (κ2) is 23.9. The van der Waals surface area contributed by atoms with Gasteiger partial charge in [0.05, 0.1) is 31.8 Å². The maximum Gasteiger partial charge on any atom is 0.340 e. The van der Waals surface area contributed by atoms with E-state index < -0.39 is 61.3 Å². The van der Waals surface area contributed by atoms with Gasteiger partial charge in [0.15, 0.2) is 17.8 Å². The molecule has 0 amide bonds. The Kier molecular flexibility index (Phi) is 15.6. The highest BCUT2D eigenvalue weighted by atomic mass is 16.6. The lowest BCUT2D eigenvalue weighted by Gasteiger charge is -2.55. The molecule has 5 bridgehead atoms. The van der Waals surface area contributed by atoms with E-state index in [1.165, 1.54) is 46.2 Å². The Labute approximate surface area is 525 Å². The van der Waals surface area contributed by atoms with Gasteiger partial charge in [-0.2, -0.15) is 0 Å². The standard InChI is InChI=1S/C78H78O12/c1-45(41-80)57-27-19-46-20-28-60-49(36-46)12-6-7-34-77(56-38-51-22-21-47-10-2-4-15-58(47)64(51)40-56)74(89-75(57)84)73(71-68(90-77)32-31-63-65(42-81)70(76(85)88-72(63)71)52(33-35-79)43-86-44-82)87-69(83)39-53-37-50(24-29-61(53)60)59-16-9-18-67-62(59)30-26-55-14-8-13-54-25-23-48-11-3-5-17-66(48)78(54,55)67/h2-5,9-11,15-18,20-25,28-29,31-32,36,50-56,61,64,73-74,79-82H,8,12-14,19,26-27,30,33-35,37-44H2,1H3/b57-45-/t50-,51-,52+,53-,54-,55-,56+,61+,64+,73+,74-,77-,78-/m0/s1. The summed E-state index contributed by atoms with van der Waals surface area (Å²) in [7, 11) is 0. The van der Waals surface area contributed by atoms with Gasteiger partial charge in [0.2, 0.25) is 0 Å². The lowest BCUT2D eigenvalue weighted by atomic mass is 9.48. The zero-order chi connectivity index (χ0) is 61.4. The zero-order valence-electron chi connectivity index (χ0n) is 51.0. The van der Waals surface area contributed by atoms with E-state index in [9.17, 15) is 25.2 Å². The van der Waals surface area contributed by atoms with Gasteiger partial charge in [-0.1, -0.05) is 140 Å². The summed E-state index contributed by atoms with van der Waals surface area (Å²) in [6, 6.07) is 34.5. The number of carbonyl (C=O) groups is 2. The van der Waals surface area contributed by atoms with Crippen molar-refractivity contribution in [2.45, 2.75) is 150 Å². The zero-order valence-corrected chi connectivity index (χ0v) is 51.0. The molecule has 12 nitrogen and oxygen atoms in total. The van der Waals surface area contributed by atoms with Crippen LogP contribution in [0.25, 0.3) is 23.1 Å². The van der Waals surface area contributed by atoms with Crippen LogP contribution >= 0.6 is 0 Å². The van der Waals surface area contributed by atoms with Crippen LogP contribution in [0.4, 0.5) is 0 Å². The van der Waals surface area contributed by atoms with Gasteiger partial charge in [-0.05, 0) is 180 Å². The first-order valence-corrected chi connectivity index (χ1v) is 32.9. The van der Waals surface area contributed by atoms with Gasteiger partial charge in [-0.15, -0.1) is 0 Å². The largest absolute Gasteiger partial charge is 0.481 e. The Balaban J connectivity index is 0.916. The summed E-state index contributed by atoms with van der Waals surface area (Å²) in [5.74, 6) is 5.78. The van der Waals surface area contributed by atoms with Gasteiger partial charge < -0.3 is 43.8 Å². The van der Waals surface area contributed by atoms with Gasteiger partial charge in [0.1, 0.15) is 18.1 Å². The summed E-state index contributed by atoms with van der Waals surface area (Å²) in [5, 5.41) is 42.5. The fourth-order valence-electron chi connectivity index (χ4n) is 18.7. The second-order valence-corrected chi connectivity index (χ2v) is 27.1. The summed E-state index contributed by atoms with van der Waals surface area (Å²) >= 11 is 0. The molecule has 6 aliphatic carbocycles. The predicted molar refractivity (Wildman–Crippen MR) is 342 cm³/mol. The first-order chi connectivity index (χ1) is 44.0. The molecule has 90 heavy (non-hydrogen) atoms. The van der Waals surface area contributed by atoms with Crippen molar-refractivity contribution < 1.29 is 53.4 Å². The maximum absolute atomic E-state index is 16.1. The van der Waals surface area contributed by atoms with Crippen molar-refractivity contribution in [1.82, 2.24) is 0 Å². The van der Waals surface area contributed by atoms with E-state index in [1.807, 2.05) is 6.07 Å². The lowest BCUT2D eigenvalue weighted by molar-refractivity contribution is -0.202. The lowest BCUT2D eigenvalue weighted by Crippen LogP contribution is -2.60. The van der Waals surface area contributed by atoms with Crippen LogP contribution in [0.15, 0.2) is 142 Å². The van der Waals surface area contributed by atoms with Crippen LogP contribution in [-0.4, -0.2) is 70.7 Å². The van der Waals surface area contributed by atoms with Crippen LogP contribution in [0.2, 0.25) is 0 Å². The number of aliphatic hydroxyl groups excluding tert-OH is 4. The average Bonchev–Trinajstić information content (AvgIpc) is 0.871. The van der Waals surface area contributed by atoms with E-state index in [-0.39, 0.29) is 108 Å². The molecule has 1 spiro atoms. The van der Waals surface area contributed by atoms with Crippen LogP contribution in [0.3, 0.4) is 0 Å². The van der Waals surface area contributed by atoms with Crippen molar-refractivity contribution in [2.75, 3.05) is 26.6 Å². The van der Waals surface area contributed by atoms with Crippen LogP contribution in [-0.2, 0) is 55.1 Å². The van der Waals surface area contributed by atoms with E-state index >= 15 is 9.59 Å². The van der Waals surface area contributed by atoms with Gasteiger partial charge in [0.25, 0.3) is 0 Å². The fourth-order valence-corrected chi connectivity index (χ4v) is 18.7. The number of allylic oxidation sites excluding steroid dienone is 4. The number of aryl methyl sites for hydroxylation is 1. The number of hydrogen-bond donors (Lipinski definition) is 4. The highest BCUT2D eigenvalue weighted by Crippen LogP contribution is 2.62.